The standard InChI is InChI=1S/C12H14BrFO/c13-10-4-9(5-11(14)6-10)7-12(8-15)2-1-3-12/h4-6,15H,1-3,7-8H2. The van der Waals surface area contributed by atoms with Gasteiger partial charge in [-0.1, -0.05) is 22.4 Å². The van der Waals surface area contributed by atoms with E-state index in [0.29, 0.717) is 0 Å². The van der Waals surface area contributed by atoms with Crippen LogP contribution in [0.3, 0.4) is 0 Å². The number of aliphatic hydroxyl groups is 1. The zero-order valence-corrected chi connectivity index (χ0v) is 10.1. The molecule has 1 aliphatic rings. The van der Waals surface area contributed by atoms with Gasteiger partial charge < -0.3 is 5.11 Å². The summed E-state index contributed by atoms with van der Waals surface area (Å²) in [6.07, 6.45) is 4.06. The van der Waals surface area contributed by atoms with Crippen molar-refractivity contribution < 1.29 is 9.50 Å². The van der Waals surface area contributed by atoms with Crippen molar-refractivity contribution in [2.45, 2.75) is 25.7 Å². The minimum Gasteiger partial charge on any atom is -0.396 e. The van der Waals surface area contributed by atoms with Crippen LogP contribution < -0.4 is 0 Å². The topological polar surface area (TPSA) is 20.2 Å². The average molecular weight is 273 g/mol. The molecule has 0 aliphatic heterocycles. The van der Waals surface area contributed by atoms with E-state index in [4.69, 9.17) is 0 Å². The Kier molecular flexibility index (Phi) is 3.12. The molecule has 3 heteroatoms. The molecule has 1 aromatic rings. The molecule has 0 amide bonds. The summed E-state index contributed by atoms with van der Waals surface area (Å²) in [5.41, 5.74) is 0.989. The predicted molar refractivity (Wildman–Crippen MR) is 61.2 cm³/mol. The molecule has 0 heterocycles. The molecule has 0 bridgehead atoms. The molecule has 0 atom stereocenters. The van der Waals surface area contributed by atoms with E-state index >= 15 is 0 Å². The lowest BCUT2D eigenvalue weighted by atomic mass is 9.66. The van der Waals surface area contributed by atoms with E-state index in [9.17, 15) is 9.50 Å². The van der Waals surface area contributed by atoms with E-state index in [-0.39, 0.29) is 17.8 Å². The predicted octanol–water partition coefficient (Wildman–Crippen LogP) is 3.29. The first kappa shape index (κ1) is 11.1. The van der Waals surface area contributed by atoms with E-state index in [1.165, 1.54) is 12.5 Å². The fourth-order valence-electron chi connectivity index (χ4n) is 2.21. The average Bonchev–Trinajstić information content (AvgIpc) is 2.10. The van der Waals surface area contributed by atoms with Crippen LogP contribution in [-0.2, 0) is 6.42 Å². The summed E-state index contributed by atoms with van der Waals surface area (Å²) >= 11 is 3.28. The second-order valence-corrected chi connectivity index (χ2v) is 5.38. The van der Waals surface area contributed by atoms with Gasteiger partial charge in [-0.3, -0.25) is 0 Å². The van der Waals surface area contributed by atoms with Crippen LogP contribution in [0.5, 0.6) is 0 Å². The van der Waals surface area contributed by atoms with Crippen molar-refractivity contribution in [1.82, 2.24) is 0 Å². The quantitative estimate of drug-likeness (QED) is 0.896. The largest absolute Gasteiger partial charge is 0.396 e. The summed E-state index contributed by atoms with van der Waals surface area (Å²) in [6, 6.07) is 4.94. The molecule has 1 fully saturated rings. The lowest BCUT2D eigenvalue weighted by Gasteiger charge is -2.40. The van der Waals surface area contributed by atoms with Crippen LogP contribution in [0, 0.1) is 11.2 Å². The van der Waals surface area contributed by atoms with E-state index in [1.807, 2.05) is 6.07 Å². The van der Waals surface area contributed by atoms with Gasteiger partial charge in [0.15, 0.2) is 0 Å². The molecule has 1 N–H and O–H groups in total. The molecule has 1 aliphatic carbocycles. The molecule has 0 spiro atoms. The Balaban J connectivity index is 2.16. The molecule has 0 aromatic heterocycles. The van der Waals surface area contributed by atoms with E-state index in [0.717, 1.165) is 29.3 Å². The molecule has 1 aromatic carbocycles. The van der Waals surface area contributed by atoms with Gasteiger partial charge in [-0.15, -0.1) is 0 Å². The van der Waals surface area contributed by atoms with Crippen LogP contribution in [0.1, 0.15) is 24.8 Å². The van der Waals surface area contributed by atoms with E-state index in [1.54, 1.807) is 6.07 Å². The highest BCUT2D eigenvalue weighted by molar-refractivity contribution is 9.10. The fraction of sp³-hybridized carbons (Fsp3) is 0.500. The van der Waals surface area contributed by atoms with Crippen LogP contribution in [-0.4, -0.2) is 11.7 Å². The second-order valence-electron chi connectivity index (χ2n) is 4.47. The summed E-state index contributed by atoms with van der Waals surface area (Å²) in [7, 11) is 0. The third-order valence-corrected chi connectivity index (χ3v) is 3.71. The summed E-state index contributed by atoms with van der Waals surface area (Å²) < 4.78 is 13.9. The molecule has 1 saturated carbocycles. The lowest BCUT2D eigenvalue weighted by Crippen LogP contribution is -2.35. The molecule has 0 unspecified atom stereocenters. The van der Waals surface area contributed by atoms with Crippen molar-refractivity contribution in [2.75, 3.05) is 6.61 Å². The lowest BCUT2D eigenvalue weighted by molar-refractivity contribution is 0.0449. The smallest absolute Gasteiger partial charge is 0.124 e. The number of benzene rings is 1. The molecule has 2 rings (SSSR count). The van der Waals surface area contributed by atoms with Gasteiger partial charge >= 0.3 is 0 Å². The maximum absolute atomic E-state index is 13.1. The molecule has 15 heavy (non-hydrogen) atoms. The summed E-state index contributed by atoms with van der Waals surface area (Å²) in [4.78, 5) is 0. The van der Waals surface area contributed by atoms with E-state index < -0.39 is 0 Å². The monoisotopic (exact) mass is 272 g/mol. The highest BCUT2D eigenvalue weighted by Gasteiger charge is 2.36. The molecular weight excluding hydrogens is 259 g/mol. The number of aliphatic hydroxyl groups excluding tert-OH is 1. The van der Waals surface area contributed by atoms with Gasteiger partial charge in [0, 0.05) is 11.1 Å². The van der Waals surface area contributed by atoms with Gasteiger partial charge in [-0.2, -0.15) is 0 Å². The summed E-state index contributed by atoms with van der Waals surface area (Å²) in [5.74, 6) is -0.216. The highest BCUT2D eigenvalue weighted by atomic mass is 79.9. The van der Waals surface area contributed by atoms with Gasteiger partial charge in [-0.25, -0.2) is 4.39 Å². The molecule has 0 saturated heterocycles. The SMILES string of the molecule is OCC1(Cc2cc(F)cc(Br)c2)CCC1. The first-order valence-corrected chi connectivity index (χ1v) is 5.99. The fourth-order valence-corrected chi connectivity index (χ4v) is 2.73. The van der Waals surface area contributed by atoms with Crippen LogP contribution in [0.4, 0.5) is 4.39 Å². The normalized spacial score (nSPS) is 18.6. The van der Waals surface area contributed by atoms with Crippen LogP contribution in [0.25, 0.3) is 0 Å². The third-order valence-electron chi connectivity index (χ3n) is 3.25. The minimum atomic E-state index is -0.216. The van der Waals surface area contributed by atoms with Gasteiger partial charge in [0.2, 0.25) is 0 Å². The van der Waals surface area contributed by atoms with Crippen molar-refractivity contribution in [3.05, 3.63) is 34.1 Å². The number of hydrogen-bond donors (Lipinski definition) is 1. The molecule has 82 valence electrons. The van der Waals surface area contributed by atoms with Gasteiger partial charge in [-0.05, 0) is 48.4 Å². The highest BCUT2D eigenvalue weighted by Crippen LogP contribution is 2.43. The molecular formula is C12H14BrFO. The first-order chi connectivity index (χ1) is 7.13. The number of halogens is 2. The molecule has 1 nitrogen and oxygen atoms in total. The Hall–Kier alpha value is -0.410. The maximum Gasteiger partial charge on any atom is 0.124 e. The van der Waals surface area contributed by atoms with Crippen molar-refractivity contribution in [3.63, 3.8) is 0 Å². The Labute approximate surface area is 97.4 Å². The van der Waals surface area contributed by atoms with Crippen molar-refractivity contribution >= 4 is 15.9 Å². The summed E-state index contributed by atoms with van der Waals surface area (Å²) in [6.45, 7) is 0.209. The Morgan fingerprint density at radius 3 is 2.53 bits per heavy atom. The van der Waals surface area contributed by atoms with Gasteiger partial charge in [0.1, 0.15) is 5.82 Å². The zero-order chi connectivity index (χ0) is 10.9. The zero-order valence-electron chi connectivity index (χ0n) is 8.47. The van der Waals surface area contributed by atoms with Crippen LogP contribution in [0.2, 0.25) is 0 Å². The number of hydrogen-bond acceptors (Lipinski definition) is 1. The Morgan fingerprint density at radius 2 is 2.07 bits per heavy atom. The van der Waals surface area contributed by atoms with Crippen LogP contribution >= 0.6 is 15.9 Å². The maximum atomic E-state index is 13.1. The van der Waals surface area contributed by atoms with Crippen molar-refractivity contribution in [2.24, 2.45) is 5.41 Å². The minimum absolute atomic E-state index is 0.0211. The van der Waals surface area contributed by atoms with Crippen molar-refractivity contribution in [1.29, 1.82) is 0 Å². The Morgan fingerprint density at radius 1 is 1.33 bits per heavy atom. The third kappa shape index (κ3) is 2.40. The Bertz CT molecular complexity index is 335. The second kappa shape index (κ2) is 4.22. The van der Waals surface area contributed by atoms with E-state index in [2.05, 4.69) is 15.9 Å². The van der Waals surface area contributed by atoms with Crippen LogP contribution in [0.15, 0.2) is 22.7 Å². The molecule has 0 radical (unpaired) electrons. The van der Waals surface area contributed by atoms with Gasteiger partial charge in [0.05, 0.1) is 0 Å². The summed E-state index contributed by atoms with van der Waals surface area (Å²) in [5, 5.41) is 9.33. The number of rotatable bonds is 3. The first-order valence-electron chi connectivity index (χ1n) is 5.19. The van der Waals surface area contributed by atoms with Crippen molar-refractivity contribution in [3.8, 4) is 0 Å². The van der Waals surface area contributed by atoms with Gasteiger partial charge in [0.25, 0.3) is 0 Å².